The number of rotatable bonds is 8. The van der Waals surface area contributed by atoms with Crippen molar-refractivity contribution in [1.29, 1.82) is 0 Å². The number of benzene rings is 1. The summed E-state index contributed by atoms with van der Waals surface area (Å²) in [6.07, 6.45) is 1.93. The molecule has 0 aliphatic rings. The van der Waals surface area contributed by atoms with E-state index in [2.05, 4.69) is 11.6 Å². The molecule has 0 saturated carbocycles. The lowest BCUT2D eigenvalue weighted by Crippen LogP contribution is -2.30. The number of carbonyl (C=O) groups excluding carboxylic acids is 1. The van der Waals surface area contributed by atoms with Crippen LogP contribution in [0, 0.1) is 0 Å². The molecule has 1 N–H and O–H groups in total. The summed E-state index contributed by atoms with van der Waals surface area (Å²) in [6, 6.07) is 8.49. The highest BCUT2D eigenvalue weighted by Gasteiger charge is 2.22. The topological polar surface area (TPSA) is 66.5 Å². The number of hydrogen-bond acceptors (Lipinski definition) is 4. The number of hydrogen-bond donors (Lipinski definition) is 1. The summed E-state index contributed by atoms with van der Waals surface area (Å²) in [5, 5.41) is 1.72. The molecule has 0 fully saturated rings. The Labute approximate surface area is 153 Å². The Bertz CT molecular complexity index is 807. The standard InChI is InChI=1S/C18H24N2O3S2/c1-4-7-14-8-10-15(11-9-14)25(22,23)19-16-12-13-24-17(16)18(21)20(5-2)6-3/h8-13,19H,4-7H2,1-3H3. The lowest BCUT2D eigenvalue weighted by atomic mass is 10.1. The molecule has 0 aliphatic carbocycles. The number of nitrogens with zero attached hydrogens (tertiary/aromatic N) is 1. The molecule has 1 aromatic heterocycles. The van der Waals surface area contributed by atoms with Gasteiger partial charge in [-0.2, -0.15) is 0 Å². The molecule has 136 valence electrons. The molecule has 1 heterocycles. The predicted molar refractivity (Wildman–Crippen MR) is 103 cm³/mol. The van der Waals surface area contributed by atoms with Gasteiger partial charge in [0.25, 0.3) is 15.9 Å². The van der Waals surface area contributed by atoms with Gasteiger partial charge in [0.15, 0.2) is 0 Å². The fourth-order valence-electron chi connectivity index (χ4n) is 2.54. The minimum absolute atomic E-state index is 0.156. The second-order valence-electron chi connectivity index (χ2n) is 5.64. The molecule has 0 radical (unpaired) electrons. The van der Waals surface area contributed by atoms with E-state index in [-0.39, 0.29) is 10.8 Å². The van der Waals surface area contributed by atoms with E-state index in [1.165, 1.54) is 11.3 Å². The van der Waals surface area contributed by atoms with Gasteiger partial charge in [-0.25, -0.2) is 8.42 Å². The van der Waals surface area contributed by atoms with Gasteiger partial charge in [0.2, 0.25) is 0 Å². The molecule has 0 saturated heterocycles. The van der Waals surface area contributed by atoms with Crippen molar-refractivity contribution in [3.8, 4) is 0 Å². The zero-order valence-electron chi connectivity index (χ0n) is 14.8. The predicted octanol–water partition coefficient (Wildman–Crippen LogP) is 3.98. The van der Waals surface area contributed by atoms with Gasteiger partial charge in [-0.15, -0.1) is 11.3 Å². The number of aryl methyl sites for hydroxylation is 1. The van der Waals surface area contributed by atoms with E-state index in [1.807, 2.05) is 26.0 Å². The maximum atomic E-state index is 12.6. The molecule has 7 heteroatoms. The van der Waals surface area contributed by atoms with Gasteiger partial charge in [-0.05, 0) is 49.4 Å². The molecule has 2 rings (SSSR count). The van der Waals surface area contributed by atoms with Crippen LogP contribution in [0.5, 0.6) is 0 Å². The monoisotopic (exact) mass is 380 g/mol. The van der Waals surface area contributed by atoms with Gasteiger partial charge in [0, 0.05) is 13.1 Å². The molecule has 0 spiro atoms. The number of anilines is 1. The summed E-state index contributed by atoms with van der Waals surface area (Å²) in [5.74, 6) is -0.156. The zero-order valence-corrected chi connectivity index (χ0v) is 16.4. The van der Waals surface area contributed by atoms with Gasteiger partial charge in [0.05, 0.1) is 10.6 Å². The maximum absolute atomic E-state index is 12.6. The smallest absolute Gasteiger partial charge is 0.266 e. The van der Waals surface area contributed by atoms with E-state index < -0.39 is 10.0 Å². The minimum Gasteiger partial charge on any atom is -0.338 e. The fourth-order valence-corrected chi connectivity index (χ4v) is 4.49. The second kappa shape index (κ2) is 8.49. The minimum atomic E-state index is -3.72. The van der Waals surface area contributed by atoms with Crippen molar-refractivity contribution in [2.45, 2.75) is 38.5 Å². The molecule has 25 heavy (non-hydrogen) atoms. The average Bonchev–Trinajstić information content (AvgIpc) is 3.04. The number of thiophene rings is 1. The molecule has 0 atom stereocenters. The normalized spacial score (nSPS) is 11.3. The van der Waals surface area contributed by atoms with Crippen molar-refractivity contribution in [2.24, 2.45) is 0 Å². The summed E-state index contributed by atoms with van der Waals surface area (Å²) in [6.45, 7) is 7.04. The van der Waals surface area contributed by atoms with Crippen molar-refractivity contribution in [1.82, 2.24) is 4.90 Å². The van der Waals surface area contributed by atoms with Gasteiger partial charge in [0.1, 0.15) is 4.88 Å². The third-order valence-electron chi connectivity index (χ3n) is 3.93. The SMILES string of the molecule is CCCc1ccc(S(=O)(=O)Nc2ccsc2C(=O)N(CC)CC)cc1. The maximum Gasteiger partial charge on any atom is 0.266 e. The van der Waals surface area contributed by atoms with E-state index in [0.29, 0.717) is 23.7 Å². The summed E-state index contributed by atoms with van der Waals surface area (Å²) in [5.41, 5.74) is 1.44. The Kier molecular flexibility index (Phi) is 6.61. The van der Waals surface area contributed by atoms with Crippen LogP contribution in [0.15, 0.2) is 40.6 Å². The van der Waals surface area contributed by atoms with E-state index in [9.17, 15) is 13.2 Å². The second-order valence-corrected chi connectivity index (χ2v) is 8.24. The van der Waals surface area contributed by atoms with Crippen molar-refractivity contribution in [3.63, 3.8) is 0 Å². The molecule has 0 bridgehead atoms. The van der Waals surface area contributed by atoms with Crippen LogP contribution in [-0.4, -0.2) is 32.3 Å². The Balaban J connectivity index is 2.24. The van der Waals surface area contributed by atoms with E-state index in [1.54, 1.807) is 28.5 Å². The van der Waals surface area contributed by atoms with Crippen LogP contribution in [0.3, 0.4) is 0 Å². The van der Waals surface area contributed by atoms with Crippen molar-refractivity contribution in [2.75, 3.05) is 17.8 Å². The van der Waals surface area contributed by atoms with E-state index in [4.69, 9.17) is 0 Å². The molecular formula is C18H24N2O3S2. The van der Waals surface area contributed by atoms with Crippen LogP contribution in [0.25, 0.3) is 0 Å². The third-order valence-corrected chi connectivity index (χ3v) is 6.21. The fraction of sp³-hybridized carbons (Fsp3) is 0.389. The highest BCUT2D eigenvalue weighted by atomic mass is 32.2. The van der Waals surface area contributed by atoms with Crippen LogP contribution in [0.4, 0.5) is 5.69 Å². The molecule has 1 amide bonds. The lowest BCUT2D eigenvalue weighted by Gasteiger charge is -2.18. The Morgan fingerprint density at radius 1 is 1.08 bits per heavy atom. The average molecular weight is 381 g/mol. The summed E-state index contributed by atoms with van der Waals surface area (Å²) in [7, 11) is -3.72. The third kappa shape index (κ3) is 4.61. The summed E-state index contributed by atoms with van der Waals surface area (Å²) < 4.78 is 27.8. The molecule has 5 nitrogen and oxygen atoms in total. The zero-order chi connectivity index (χ0) is 18.4. The first-order valence-corrected chi connectivity index (χ1v) is 10.8. The van der Waals surface area contributed by atoms with Crippen LogP contribution < -0.4 is 4.72 Å². The number of nitrogens with one attached hydrogen (secondary N) is 1. The van der Waals surface area contributed by atoms with Crippen LogP contribution in [0.1, 0.15) is 42.4 Å². The summed E-state index contributed by atoms with van der Waals surface area (Å²) >= 11 is 1.24. The largest absolute Gasteiger partial charge is 0.338 e. The van der Waals surface area contributed by atoms with Crippen molar-refractivity contribution >= 4 is 33.0 Å². The molecule has 0 aliphatic heterocycles. The highest BCUT2D eigenvalue weighted by Crippen LogP contribution is 2.27. The lowest BCUT2D eigenvalue weighted by molar-refractivity contribution is 0.0779. The van der Waals surface area contributed by atoms with Crippen molar-refractivity contribution < 1.29 is 13.2 Å². The van der Waals surface area contributed by atoms with Gasteiger partial charge in [-0.1, -0.05) is 25.5 Å². The first-order valence-electron chi connectivity index (χ1n) is 8.41. The molecule has 1 aromatic carbocycles. The molecule has 2 aromatic rings. The van der Waals surface area contributed by atoms with Gasteiger partial charge < -0.3 is 4.90 Å². The highest BCUT2D eigenvalue weighted by molar-refractivity contribution is 7.92. The number of amides is 1. The molecular weight excluding hydrogens is 356 g/mol. The molecule has 0 unspecified atom stereocenters. The Morgan fingerprint density at radius 2 is 1.72 bits per heavy atom. The first-order chi connectivity index (χ1) is 11.9. The van der Waals surface area contributed by atoms with Gasteiger partial charge in [-0.3, -0.25) is 9.52 Å². The number of carbonyl (C=O) groups is 1. The van der Waals surface area contributed by atoms with Crippen LogP contribution in [0.2, 0.25) is 0 Å². The number of sulfonamides is 1. The van der Waals surface area contributed by atoms with E-state index in [0.717, 1.165) is 18.4 Å². The quantitative estimate of drug-likeness (QED) is 0.753. The van der Waals surface area contributed by atoms with Crippen molar-refractivity contribution in [3.05, 3.63) is 46.2 Å². The van der Waals surface area contributed by atoms with Crippen LogP contribution in [-0.2, 0) is 16.4 Å². The first kappa shape index (κ1) is 19.5. The summed E-state index contributed by atoms with van der Waals surface area (Å²) in [4.78, 5) is 14.8. The van der Waals surface area contributed by atoms with E-state index >= 15 is 0 Å². The van der Waals surface area contributed by atoms with Gasteiger partial charge >= 0.3 is 0 Å². The Hall–Kier alpha value is -1.86. The van der Waals surface area contributed by atoms with Crippen LogP contribution >= 0.6 is 11.3 Å². The Morgan fingerprint density at radius 3 is 2.28 bits per heavy atom.